The number of amides is 2. The van der Waals surface area contributed by atoms with Gasteiger partial charge in [-0.1, -0.05) is 42.5 Å². The molecule has 2 atom stereocenters. The molecule has 154 valence electrons. The van der Waals surface area contributed by atoms with Crippen LogP contribution in [0.1, 0.15) is 39.5 Å². The second-order valence-electron chi connectivity index (χ2n) is 7.19. The van der Waals surface area contributed by atoms with Crippen LogP contribution in [0.15, 0.2) is 71.3 Å². The first kappa shape index (κ1) is 19.8. The average Bonchev–Trinajstić information content (AvgIpc) is 3.21. The van der Waals surface area contributed by atoms with E-state index in [1.54, 1.807) is 23.1 Å². The lowest BCUT2D eigenvalue weighted by Crippen LogP contribution is -2.44. The molecule has 30 heavy (non-hydrogen) atoms. The molecular weight excluding hydrogens is 387 g/mol. The van der Waals surface area contributed by atoms with Crippen molar-refractivity contribution in [2.75, 3.05) is 13.1 Å². The number of rotatable bonds is 5. The van der Waals surface area contributed by atoms with Crippen LogP contribution in [0.5, 0.6) is 0 Å². The summed E-state index contributed by atoms with van der Waals surface area (Å²) in [6.07, 6.45) is 0.436. The standard InChI is InChI=1S/C23H21FN2O4/c24-17-8-6-16(7-9-17)21-14-26(13-20(30-21)15-4-2-1-3-5-15)23(28)18-10-11-29-19(18)12-22(25)27/h1-11,20-21H,12-14H2,(H2,25,27). The molecule has 1 aromatic heterocycles. The highest BCUT2D eigenvalue weighted by atomic mass is 19.1. The van der Waals surface area contributed by atoms with Crippen molar-refractivity contribution in [1.29, 1.82) is 0 Å². The molecule has 1 aliphatic rings. The summed E-state index contributed by atoms with van der Waals surface area (Å²) in [6, 6.07) is 17.2. The van der Waals surface area contributed by atoms with Gasteiger partial charge in [0.2, 0.25) is 5.91 Å². The van der Waals surface area contributed by atoms with Crippen LogP contribution in [0, 0.1) is 5.82 Å². The zero-order chi connectivity index (χ0) is 21.1. The fraction of sp³-hybridized carbons (Fsp3) is 0.217. The first-order valence-corrected chi connectivity index (χ1v) is 9.61. The van der Waals surface area contributed by atoms with Crippen LogP contribution in [-0.4, -0.2) is 29.8 Å². The number of carbonyl (C=O) groups is 2. The first-order chi connectivity index (χ1) is 14.5. The topological polar surface area (TPSA) is 85.8 Å². The van der Waals surface area contributed by atoms with E-state index in [2.05, 4.69) is 0 Å². The highest BCUT2D eigenvalue weighted by Crippen LogP contribution is 2.34. The Kier molecular flexibility index (Phi) is 5.63. The molecule has 0 spiro atoms. The number of hydrogen-bond donors (Lipinski definition) is 1. The van der Waals surface area contributed by atoms with Crippen LogP contribution in [0.3, 0.4) is 0 Å². The van der Waals surface area contributed by atoms with E-state index in [1.165, 1.54) is 18.4 Å². The Labute approximate surface area is 173 Å². The van der Waals surface area contributed by atoms with Crippen LogP contribution in [0.4, 0.5) is 4.39 Å². The number of primary amides is 1. The predicted octanol–water partition coefficient (Wildman–Crippen LogP) is 3.40. The Morgan fingerprint density at radius 2 is 1.60 bits per heavy atom. The Bertz CT molecular complexity index is 1030. The summed E-state index contributed by atoms with van der Waals surface area (Å²) in [4.78, 5) is 26.2. The van der Waals surface area contributed by atoms with Gasteiger partial charge >= 0.3 is 0 Å². The first-order valence-electron chi connectivity index (χ1n) is 9.61. The summed E-state index contributed by atoms with van der Waals surface area (Å²) < 4.78 is 25.0. The van der Waals surface area contributed by atoms with Gasteiger partial charge < -0.3 is 19.8 Å². The number of nitrogens with zero attached hydrogens (tertiary/aromatic N) is 1. The summed E-state index contributed by atoms with van der Waals surface area (Å²) in [5, 5.41) is 0. The average molecular weight is 408 g/mol. The van der Waals surface area contributed by atoms with Gasteiger partial charge in [0.25, 0.3) is 5.91 Å². The molecule has 1 aliphatic heterocycles. The van der Waals surface area contributed by atoms with Gasteiger partial charge in [-0.2, -0.15) is 0 Å². The predicted molar refractivity (Wildman–Crippen MR) is 107 cm³/mol. The summed E-state index contributed by atoms with van der Waals surface area (Å²) >= 11 is 0. The number of benzene rings is 2. The third kappa shape index (κ3) is 4.26. The summed E-state index contributed by atoms with van der Waals surface area (Å²) in [6.45, 7) is 0.622. The highest BCUT2D eigenvalue weighted by Gasteiger charge is 2.34. The molecule has 0 aliphatic carbocycles. The second kappa shape index (κ2) is 8.51. The fourth-order valence-corrected chi connectivity index (χ4v) is 3.63. The van der Waals surface area contributed by atoms with E-state index in [4.69, 9.17) is 14.9 Å². The Morgan fingerprint density at radius 1 is 0.967 bits per heavy atom. The smallest absolute Gasteiger partial charge is 0.257 e. The van der Waals surface area contributed by atoms with Crippen LogP contribution in [-0.2, 0) is 16.0 Å². The zero-order valence-electron chi connectivity index (χ0n) is 16.2. The third-order valence-electron chi connectivity index (χ3n) is 5.11. The molecule has 2 heterocycles. The van der Waals surface area contributed by atoms with Crippen LogP contribution < -0.4 is 5.73 Å². The zero-order valence-corrected chi connectivity index (χ0v) is 16.2. The van der Waals surface area contributed by atoms with Gasteiger partial charge in [0, 0.05) is 0 Å². The molecule has 1 fully saturated rings. The Hall–Kier alpha value is -3.45. The van der Waals surface area contributed by atoms with E-state index in [1.807, 2.05) is 30.3 Å². The molecule has 2 unspecified atom stereocenters. The molecule has 3 aromatic rings. The largest absolute Gasteiger partial charge is 0.468 e. The van der Waals surface area contributed by atoms with Crippen molar-refractivity contribution in [2.45, 2.75) is 18.6 Å². The van der Waals surface area contributed by atoms with E-state index in [-0.39, 0.29) is 36.6 Å². The van der Waals surface area contributed by atoms with Crippen molar-refractivity contribution >= 4 is 11.8 Å². The molecule has 2 amide bonds. The molecule has 6 nitrogen and oxygen atoms in total. The molecular formula is C23H21FN2O4. The van der Waals surface area contributed by atoms with Crippen molar-refractivity contribution in [3.63, 3.8) is 0 Å². The molecule has 7 heteroatoms. The normalized spacial score (nSPS) is 18.9. The number of ether oxygens (including phenoxy) is 1. The van der Waals surface area contributed by atoms with Gasteiger partial charge in [-0.05, 0) is 29.3 Å². The highest BCUT2D eigenvalue weighted by molar-refractivity contribution is 5.96. The molecule has 2 N–H and O–H groups in total. The molecule has 0 bridgehead atoms. The third-order valence-corrected chi connectivity index (χ3v) is 5.11. The number of morpholine rings is 1. The van der Waals surface area contributed by atoms with Gasteiger partial charge in [0.15, 0.2) is 0 Å². The maximum Gasteiger partial charge on any atom is 0.257 e. The van der Waals surface area contributed by atoms with Gasteiger partial charge in [-0.25, -0.2) is 4.39 Å². The van der Waals surface area contributed by atoms with Gasteiger partial charge in [-0.15, -0.1) is 0 Å². The minimum Gasteiger partial charge on any atom is -0.468 e. The quantitative estimate of drug-likeness (QED) is 0.701. The van der Waals surface area contributed by atoms with Crippen LogP contribution in [0.2, 0.25) is 0 Å². The Morgan fingerprint density at radius 3 is 2.23 bits per heavy atom. The lowest BCUT2D eigenvalue weighted by atomic mass is 10.0. The maximum absolute atomic E-state index is 13.4. The van der Waals surface area contributed by atoms with Gasteiger partial charge in [-0.3, -0.25) is 9.59 Å². The van der Waals surface area contributed by atoms with E-state index < -0.39 is 12.0 Å². The SMILES string of the molecule is NC(=O)Cc1occc1C(=O)N1CC(c2ccccc2)OC(c2ccc(F)cc2)C1. The Balaban J connectivity index is 1.64. The summed E-state index contributed by atoms with van der Waals surface area (Å²) in [5.41, 5.74) is 7.28. The van der Waals surface area contributed by atoms with Crippen molar-refractivity contribution in [3.8, 4) is 0 Å². The number of nitrogens with two attached hydrogens (primary N) is 1. The lowest BCUT2D eigenvalue weighted by molar-refractivity contribution is -0.117. The van der Waals surface area contributed by atoms with E-state index >= 15 is 0 Å². The van der Waals surface area contributed by atoms with Crippen molar-refractivity contribution in [2.24, 2.45) is 5.73 Å². The van der Waals surface area contributed by atoms with Crippen LogP contribution >= 0.6 is 0 Å². The van der Waals surface area contributed by atoms with Gasteiger partial charge in [0.05, 0.1) is 31.3 Å². The minimum atomic E-state index is -0.577. The maximum atomic E-state index is 13.4. The number of hydrogen-bond acceptors (Lipinski definition) is 4. The van der Waals surface area contributed by atoms with Crippen molar-refractivity contribution in [1.82, 2.24) is 4.90 Å². The summed E-state index contributed by atoms with van der Waals surface area (Å²) in [7, 11) is 0. The molecule has 1 saturated heterocycles. The van der Waals surface area contributed by atoms with Crippen LogP contribution in [0.25, 0.3) is 0 Å². The molecule has 0 saturated carbocycles. The number of furan rings is 1. The minimum absolute atomic E-state index is 0.151. The molecule has 0 radical (unpaired) electrons. The van der Waals surface area contributed by atoms with E-state index in [9.17, 15) is 14.0 Å². The molecule has 2 aromatic carbocycles. The lowest BCUT2D eigenvalue weighted by Gasteiger charge is -2.38. The monoisotopic (exact) mass is 408 g/mol. The van der Waals surface area contributed by atoms with E-state index in [0.717, 1.165) is 11.1 Å². The van der Waals surface area contributed by atoms with E-state index in [0.29, 0.717) is 12.1 Å². The summed E-state index contributed by atoms with van der Waals surface area (Å²) in [5.74, 6) is -0.936. The fourth-order valence-electron chi connectivity index (χ4n) is 3.63. The van der Waals surface area contributed by atoms with Gasteiger partial charge in [0.1, 0.15) is 23.8 Å². The van der Waals surface area contributed by atoms with Crippen molar-refractivity contribution < 1.29 is 23.1 Å². The number of carbonyl (C=O) groups excluding carboxylic acids is 2. The molecule has 4 rings (SSSR count). The second-order valence-corrected chi connectivity index (χ2v) is 7.19. The number of halogens is 1. The van der Waals surface area contributed by atoms with Crippen molar-refractivity contribution in [3.05, 3.63) is 95.2 Å².